The van der Waals surface area contributed by atoms with Crippen molar-refractivity contribution >= 4 is 34.0 Å². The molecule has 0 atom stereocenters. The maximum atomic E-state index is 12.6. The molecule has 0 radical (unpaired) electrons. The van der Waals surface area contributed by atoms with Crippen LogP contribution in [0.25, 0.3) is 17.1 Å². The SMILES string of the molecule is O=C(Nc1nc(-c2ncccc2Cl)cs1)c1cnnn1-c1cccnc1. The van der Waals surface area contributed by atoms with Crippen LogP contribution in [0.4, 0.5) is 5.13 Å². The van der Waals surface area contributed by atoms with Crippen molar-refractivity contribution in [2.45, 2.75) is 0 Å². The van der Waals surface area contributed by atoms with Crippen LogP contribution < -0.4 is 5.32 Å². The second-order valence-electron chi connectivity index (χ2n) is 5.07. The lowest BCUT2D eigenvalue weighted by Gasteiger charge is -2.05. The van der Waals surface area contributed by atoms with Crippen molar-refractivity contribution in [1.82, 2.24) is 29.9 Å². The topological polar surface area (TPSA) is 98.5 Å². The van der Waals surface area contributed by atoms with Gasteiger partial charge in [0, 0.05) is 17.8 Å². The predicted octanol–water partition coefficient (Wildman–Crippen LogP) is 3.09. The van der Waals surface area contributed by atoms with Gasteiger partial charge < -0.3 is 0 Å². The van der Waals surface area contributed by atoms with Gasteiger partial charge >= 0.3 is 0 Å². The Bertz CT molecular complexity index is 1060. The van der Waals surface area contributed by atoms with Crippen LogP contribution in [0.2, 0.25) is 5.02 Å². The van der Waals surface area contributed by atoms with Gasteiger partial charge in [-0.2, -0.15) is 0 Å². The largest absolute Gasteiger partial charge is 0.296 e. The quantitative estimate of drug-likeness (QED) is 0.581. The fourth-order valence-corrected chi connectivity index (χ4v) is 3.14. The minimum absolute atomic E-state index is 0.269. The van der Waals surface area contributed by atoms with Gasteiger partial charge in [0.1, 0.15) is 11.4 Å². The van der Waals surface area contributed by atoms with Crippen LogP contribution in [0.3, 0.4) is 0 Å². The fraction of sp³-hybridized carbons (Fsp3) is 0. The monoisotopic (exact) mass is 383 g/mol. The number of halogens is 1. The van der Waals surface area contributed by atoms with Gasteiger partial charge in [0.15, 0.2) is 10.8 Å². The molecule has 1 amide bonds. The number of carbonyl (C=O) groups excluding carboxylic acids is 1. The number of nitrogens with zero attached hydrogens (tertiary/aromatic N) is 6. The Morgan fingerprint density at radius 2 is 2.08 bits per heavy atom. The Labute approximate surface area is 156 Å². The van der Waals surface area contributed by atoms with E-state index in [9.17, 15) is 4.79 Å². The maximum absolute atomic E-state index is 12.6. The Balaban J connectivity index is 1.57. The van der Waals surface area contributed by atoms with Crippen LogP contribution in [0.1, 0.15) is 10.5 Å². The number of hydrogen-bond donors (Lipinski definition) is 1. The van der Waals surface area contributed by atoms with E-state index in [0.29, 0.717) is 27.2 Å². The highest BCUT2D eigenvalue weighted by Gasteiger charge is 2.17. The minimum Gasteiger partial charge on any atom is -0.296 e. The normalized spacial score (nSPS) is 10.7. The number of thiazole rings is 1. The van der Waals surface area contributed by atoms with Crippen molar-refractivity contribution in [3.63, 3.8) is 0 Å². The molecule has 1 N–H and O–H groups in total. The molecule has 26 heavy (non-hydrogen) atoms. The molecule has 8 nitrogen and oxygen atoms in total. The number of pyridine rings is 2. The fourth-order valence-electron chi connectivity index (χ4n) is 2.23. The number of rotatable bonds is 4. The molecule has 0 bridgehead atoms. The highest BCUT2D eigenvalue weighted by Crippen LogP contribution is 2.28. The van der Waals surface area contributed by atoms with Crippen molar-refractivity contribution in [3.8, 4) is 17.1 Å². The first kappa shape index (κ1) is 16.3. The molecule has 0 saturated heterocycles. The third kappa shape index (κ3) is 3.17. The number of nitrogens with one attached hydrogen (secondary N) is 1. The first-order chi connectivity index (χ1) is 12.7. The molecular formula is C16H10ClN7OS. The van der Waals surface area contributed by atoms with Crippen LogP contribution >= 0.6 is 22.9 Å². The van der Waals surface area contributed by atoms with Crippen molar-refractivity contribution in [3.05, 3.63) is 65.1 Å². The highest BCUT2D eigenvalue weighted by molar-refractivity contribution is 7.14. The van der Waals surface area contributed by atoms with E-state index in [2.05, 4.69) is 30.6 Å². The molecule has 0 unspecified atom stereocenters. The number of hydrogen-bond acceptors (Lipinski definition) is 7. The van der Waals surface area contributed by atoms with Gasteiger partial charge in [-0.25, -0.2) is 9.67 Å². The molecule has 4 rings (SSSR count). The zero-order chi connectivity index (χ0) is 17.9. The zero-order valence-electron chi connectivity index (χ0n) is 13.1. The summed E-state index contributed by atoms with van der Waals surface area (Å²) in [5.74, 6) is -0.383. The van der Waals surface area contributed by atoms with Crippen LogP contribution in [-0.4, -0.2) is 35.9 Å². The molecule has 0 fully saturated rings. The molecule has 0 saturated carbocycles. The average molecular weight is 384 g/mol. The smallest absolute Gasteiger partial charge is 0.277 e. The van der Waals surface area contributed by atoms with E-state index in [0.717, 1.165) is 0 Å². The first-order valence-corrected chi connectivity index (χ1v) is 8.67. The third-order valence-corrected chi connectivity index (χ3v) is 4.46. The molecule has 4 aromatic heterocycles. The van der Waals surface area contributed by atoms with Crippen LogP contribution in [-0.2, 0) is 0 Å². The molecule has 0 aliphatic heterocycles. The Kier molecular flexibility index (Phi) is 4.38. The maximum Gasteiger partial charge on any atom is 0.277 e. The Hall–Kier alpha value is -3.17. The average Bonchev–Trinajstić information content (AvgIpc) is 3.32. The molecule has 0 aliphatic carbocycles. The van der Waals surface area contributed by atoms with E-state index >= 15 is 0 Å². The van der Waals surface area contributed by atoms with E-state index < -0.39 is 0 Å². The van der Waals surface area contributed by atoms with Crippen LogP contribution in [0.5, 0.6) is 0 Å². The molecule has 128 valence electrons. The number of carbonyl (C=O) groups is 1. The summed E-state index contributed by atoms with van der Waals surface area (Å²) in [4.78, 5) is 25.2. The highest BCUT2D eigenvalue weighted by atomic mass is 35.5. The van der Waals surface area contributed by atoms with Crippen LogP contribution in [0, 0.1) is 0 Å². The van der Waals surface area contributed by atoms with E-state index in [1.165, 1.54) is 22.2 Å². The number of aromatic nitrogens is 6. The Morgan fingerprint density at radius 3 is 2.88 bits per heavy atom. The summed E-state index contributed by atoms with van der Waals surface area (Å²) in [5, 5.41) is 13.2. The molecular weight excluding hydrogens is 374 g/mol. The summed E-state index contributed by atoms with van der Waals surface area (Å²) in [6.45, 7) is 0. The molecule has 0 aliphatic rings. The molecule has 4 heterocycles. The van der Waals surface area contributed by atoms with E-state index in [4.69, 9.17) is 11.6 Å². The summed E-state index contributed by atoms with van der Waals surface area (Å²) in [6.07, 6.45) is 6.25. The second-order valence-corrected chi connectivity index (χ2v) is 6.33. The second kappa shape index (κ2) is 6.98. The van der Waals surface area contributed by atoms with E-state index in [-0.39, 0.29) is 11.6 Å². The zero-order valence-corrected chi connectivity index (χ0v) is 14.6. The lowest BCUT2D eigenvalue weighted by Crippen LogP contribution is -2.17. The lowest BCUT2D eigenvalue weighted by molar-refractivity contribution is 0.101. The van der Waals surface area contributed by atoms with Gasteiger partial charge in [-0.1, -0.05) is 16.8 Å². The van der Waals surface area contributed by atoms with Crippen molar-refractivity contribution in [2.24, 2.45) is 0 Å². The lowest BCUT2D eigenvalue weighted by atomic mass is 10.3. The summed E-state index contributed by atoms with van der Waals surface area (Å²) >= 11 is 7.41. The molecule has 0 aromatic carbocycles. The van der Waals surface area contributed by atoms with Gasteiger partial charge in [-0.3, -0.25) is 20.1 Å². The van der Waals surface area contributed by atoms with Crippen LogP contribution in [0.15, 0.2) is 54.4 Å². The summed E-state index contributed by atoms with van der Waals surface area (Å²) in [6, 6.07) is 7.01. The summed E-state index contributed by atoms with van der Waals surface area (Å²) in [7, 11) is 0. The Morgan fingerprint density at radius 1 is 1.19 bits per heavy atom. The summed E-state index contributed by atoms with van der Waals surface area (Å²) < 4.78 is 1.41. The first-order valence-electron chi connectivity index (χ1n) is 7.41. The standard InChI is InChI=1S/C16H10ClN7OS/c17-11-4-2-6-19-14(11)12-9-26-16(21-12)22-15(25)13-8-20-23-24(13)10-3-1-5-18-7-10/h1-9H,(H,21,22,25). The summed E-state index contributed by atoms with van der Waals surface area (Å²) in [5.41, 5.74) is 2.06. The molecule has 10 heteroatoms. The van der Waals surface area contributed by atoms with Crippen molar-refractivity contribution in [1.29, 1.82) is 0 Å². The van der Waals surface area contributed by atoms with E-state index in [1.54, 1.807) is 48.2 Å². The molecule has 0 spiro atoms. The van der Waals surface area contributed by atoms with Gasteiger partial charge in [-0.05, 0) is 24.3 Å². The predicted molar refractivity (Wildman–Crippen MR) is 97.5 cm³/mol. The van der Waals surface area contributed by atoms with Gasteiger partial charge in [0.25, 0.3) is 5.91 Å². The van der Waals surface area contributed by atoms with Gasteiger partial charge in [-0.15, -0.1) is 16.4 Å². The van der Waals surface area contributed by atoms with Gasteiger partial charge in [0.2, 0.25) is 0 Å². The van der Waals surface area contributed by atoms with Gasteiger partial charge in [0.05, 0.1) is 23.1 Å². The molecule has 4 aromatic rings. The minimum atomic E-state index is -0.383. The van der Waals surface area contributed by atoms with Crippen molar-refractivity contribution < 1.29 is 4.79 Å². The van der Waals surface area contributed by atoms with Crippen molar-refractivity contribution in [2.75, 3.05) is 5.32 Å². The number of amides is 1. The van der Waals surface area contributed by atoms with E-state index in [1.807, 2.05) is 0 Å². The number of anilines is 1. The third-order valence-electron chi connectivity index (χ3n) is 3.40.